The molecule has 0 saturated heterocycles. The Balaban J connectivity index is 1.63. The first-order chi connectivity index (χ1) is 14.5. The number of ether oxygens (including phenoxy) is 1. The van der Waals surface area contributed by atoms with Gasteiger partial charge >= 0.3 is 6.03 Å². The van der Waals surface area contributed by atoms with Gasteiger partial charge in [0.15, 0.2) is 0 Å². The van der Waals surface area contributed by atoms with Gasteiger partial charge in [-0.1, -0.05) is 12.1 Å². The second-order valence-corrected chi connectivity index (χ2v) is 6.93. The predicted octanol–water partition coefficient (Wildman–Crippen LogP) is 3.34. The molecule has 0 aliphatic heterocycles. The van der Waals surface area contributed by atoms with Crippen LogP contribution >= 0.6 is 0 Å². The summed E-state index contributed by atoms with van der Waals surface area (Å²) < 4.78 is 6.89. The topological polar surface area (TPSA) is 97.3 Å². The second kappa shape index (κ2) is 9.60. The number of nitrogens with zero attached hydrogens (tertiary/aromatic N) is 2. The summed E-state index contributed by atoms with van der Waals surface area (Å²) in [5, 5.41) is 12.8. The van der Waals surface area contributed by atoms with Crippen molar-refractivity contribution in [3.05, 3.63) is 72.1 Å². The van der Waals surface area contributed by atoms with Crippen LogP contribution in [0.3, 0.4) is 0 Å². The summed E-state index contributed by atoms with van der Waals surface area (Å²) in [6, 6.07) is 15.9. The Labute approximate surface area is 175 Å². The maximum atomic E-state index is 12.7. The molecule has 0 aliphatic rings. The van der Waals surface area contributed by atoms with E-state index < -0.39 is 0 Å². The number of hydrogen-bond donors (Lipinski definition) is 3. The van der Waals surface area contributed by atoms with Crippen LogP contribution in [0.15, 0.2) is 60.8 Å². The van der Waals surface area contributed by atoms with Crippen molar-refractivity contribution in [3.63, 3.8) is 0 Å². The standard InChI is InChI=1S/C22H25N5O3/c1-15(2)24-22(29)25-20-7-5-4-6-19(20)21(28)23-14-16-12-13-27(26-16)17-8-10-18(30-3)11-9-17/h4-13,15H,14H2,1-3H3,(H,23,28)(H2,24,25,29). The van der Waals surface area contributed by atoms with Gasteiger partial charge in [0.05, 0.1) is 36.3 Å². The zero-order chi connectivity index (χ0) is 21.5. The molecular weight excluding hydrogens is 382 g/mol. The predicted molar refractivity (Wildman–Crippen MR) is 115 cm³/mol. The average Bonchev–Trinajstić information content (AvgIpc) is 3.21. The first-order valence-corrected chi connectivity index (χ1v) is 9.60. The third kappa shape index (κ3) is 5.38. The number of aromatic nitrogens is 2. The molecule has 156 valence electrons. The van der Waals surface area contributed by atoms with Crippen molar-refractivity contribution >= 4 is 17.6 Å². The Kier molecular flexibility index (Phi) is 6.69. The molecule has 3 amide bonds. The summed E-state index contributed by atoms with van der Waals surface area (Å²) in [6.45, 7) is 3.99. The van der Waals surface area contributed by atoms with E-state index in [1.54, 1.807) is 36.1 Å². The number of anilines is 1. The Bertz CT molecular complexity index is 1010. The minimum Gasteiger partial charge on any atom is -0.497 e. The van der Waals surface area contributed by atoms with Gasteiger partial charge in [-0.15, -0.1) is 0 Å². The fourth-order valence-electron chi connectivity index (χ4n) is 2.81. The molecule has 2 aromatic carbocycles. The van der Waals surface area contributed by atoms with E-state index in [2.05, 4.69) is 21.0 Å². The summed E-state index contributed by atoms with van der Waals surface area (Å²) in [5.41, 5.74) is 2.42. The van der Waals surface area contributed by atoms with Crippen molar-refractivity contribution in [2.45, 2.75) is 26.4 Å². The smallest absolute Gasteiger partial charge is 0.319 e. The van der Waals surface area contributed by atoms with E-state index in [-0.39, 0.29) is 24.5 Å². The van der Waals surface area contributed by atoms with Gasteiger partial charge in [-0.05, 0) is 56.3 Å². The fraction of sp³-hybridized carbons (Fsp3) is 0.227. The SMILES string of the molecule is COc1ccc(-n2ccc(CNC(=O)c3ccccc3NC(=O)NC(C)C)n2)cc1. The molecule has 0 atom stereocenters. The van der Waals surface area contributed by atoms with Gasteiger partial charge in [-0.2, -0.15) is 5.10 Å². The van der Waals surface area contributed by atoms with Gasteiger partial charge in [0.1, 0.15) is 5.75 Å². The third-order valence-corrected chi connectivity index (χ3v) is 4.25. The van der Waals surface area contributed by atoms with E-state index in [0.717, 1.165) is 11.4 Å². The Morgan fingerprint density at radius 3 is 2.50 bits per heavy atom. The molecule has 3 aromatic rings. The largest absolute Gasteiger partial charge is 0.497 e. The van der Waals surface area contributed by atoms with Crippen LogP contribution in [0.25, 0.3) is 5.69 Å². The summed E-state index contributed by atoms with van der Waals surface area (Å²) in [4.78, 5) is 24.6. The molecule has 0 bridgehead atoms. The number of benzene rings is 2. The molecule has 0 radical (unpaired) electrons. The molecule has 1 aromatic heterocycles. The maximum Gasteiger partial charge on any atom is 0.319 e. The van der Waals surface area contributed by atoms with Crippen molar-refractivity contribution in [2.24, 2.45) is 0 Å². The van der Waals surface area contributed by atoms with Crippen LogP contribution in [0.1, 0.15) is 29.9 Å². The number of rotatable bonds is 7. The number of nitrogens with one attached hydrogen (secondary N) is 3. The zero-order valence-corrected chi connectivity index (χ0v) is 17.2. The first kappa shape index (κ1) is 20.9. The summed E-state index contributed by atoms with van der Waals surface area (Å²) in [5.74, 6) is 0.474. The lowest BCUT2D eigenvalue weighted by Crippen LogP contribution is -2.35. The van der Waals surface area contributed by atoms with Crippen molar-refractivity contribution in [2.75, 3.05) is 12.4 Å². The van der Waals surface area contributed by atoms with E-state index in [4.69, 9.17) is 4.74 Å². The molecule has 0 aliphatic carbocycles. The second-order valence-electron chi connectivity index (χ2n) is 6.93. The highest BCUT2D eigenvalue weighted by atomic mass is 16.5. The molecule has 8 heteroatoms. The van der Waals surface area contributed by atoms with Gasteiger partial charge < -0.3 is 20.7 Å². The molecule has 3 rings (SSSR count). The van der Waals surface area contributed by atoms with Crippen LogP contribution in [-0.4, -0.2) is 34.9 Å². The van der Waals surface area contributed by atoms with Gasteiger partial charge in [-0.25, -0.2) is 9.48 Å². The van der Waals surface area contributed by atoms with Crippen molar-refractivity contribution < 1.29 is 14.3 Å². The van der Waals surface area contributed by atoms with E-state index >= 15 is 0 Å². The lowest BCUT2D eigenvalue weighted by molar-refractivity contribution is 0.0951. The minimum absolute atomic E-state index is 0.00759. The lowest BCUT2D eigenvalue weighted by atomic mass is 10.1. The maximum absolute atomic E-state index is 12.7. The number of urea groups is 1. The Hall–Kier alpha value is -3.81. The highest BCUT2D eigenvalue weighted by molar-refractivity contribution is 6.03. The van der Waals surface area contributed by atoms with Crippen molar-refractivity contribution in [1.82, 2.24) is 20.4 Å². The summed E-state index contributed by atoms with van der Waals surface area (Å²) in [6.07, 6.45) is 1.83. The first-order valence-electron chi connectivity index (χ1n) is 9.60. The van der Waals surface area contributed by atoms with Gasteiger partial charge in [-0.3, -0.25) is 4.79 Å². The van der Waals surface area contributed by atoms with Crippen LogP contribution in [0.2, 0.25) is 0 Å². The van der Waals surface area contributed by atoms with Crippen molar-refractivity contribution in [3.8, 4) is 11.4 Å². The van der Waals surface area contributed by atoms with Gasteiger partial charge in [0, 0.05) is 12.2 Å². The molecular formula is C22H25N5O3. The lowest BCUT2D eigenvalue weighted by Gasteiger charge is -2.13. The van der Waals surface area contributed by atoms with Crippen LogP contribution in [0, 0.1) is 0 Å². The molecule has 8 nitrogen and oxygen atoms in total. The fourth-order valence-corrected chi connectivity index (χ4v) is 2.81. The molecule has 0 spiro atoms. The van der Waals surface area contributed by atoms with E-state index in [0.29, 0.717) is 16.9 Å². The van der Waals surface area contributed by atoms with Crippen LogP contribution in [0.4, 0.5) is 10.5 Å². The number of carbonyl (C=O) groups is 2. The molecule has 0 fully saturated rings. The highest BCUT2D eigenvalue weighted by Crippen LogP contribution is 2.16. The minimum atomic E-state index is -0.358. The number of amides is 3. The molecule has 0 saturated carbocycles. The average molecular weight is 407 g/mol. The van der Waals surface area contributed by atoms with Crippen LogP contribution < -0.4 is 20.7 Å². The molecule has 1 heterocycles. The monoisotopic (exact) mass is 407 g/mol. The Morgan fingerprint density at radius 2 is 1.80 bits per heavy atom. The quantitative estimate of drug-likeness (QED) is 0.560. The zero-order valence-electron chi connectivity index (χ0n) is 17.2. The number of hydrogen-bond acceptors (Lipinski definition) is 4. The number of para-hydroxylation sites is 1. The van der Waals surface area contributed by atoms with E-state index in [1.807, 2.05) is 50.4 Å². The molecule has 0 unspecified atom stereocenters. The Morgan fingerprint density at radius 1 is 1.07 bits per heavy atom. The highest BCUT2D eigenvalue weighted by Gasteiger charge is 2.14. The van der Waals surface area contributed by atoms with Crippen LogP contribution in [0.5, 0.6) is 5.75 Å². The molecule has 30 heavy (non-hydrogen) atoms. The summed E-state index contributed by atoms with van der Waals surface area (Å²) >= 11 is 0. The molecule has 3 N–H and O–H groups in total. The number of methoxy groups -OCH3 is 1. The van der Waals surface area contributed by atoms with E-state index in [9.17, 15) is 9.59 Å². The van der Waals surface area contributed by atoms with Gasteiger partial charge in [0.25, 0.3) is 5.91 Å². The normalized spacial score (nSPS) is 10.5. The van der Waals surface area contributed by atoms with Crippen molar-refractivity contribution in [1.29, 1.82) is 0 Å². The van der Waals surface area contributed by atoms with E-state index in [1.165, 1.54) is 0 Å². The number of carbonyl (C=O) groups excluding carboxylic acids is 2. The van der Waals surface area contributed by atoms with Crippen LogP contribution in [-0.2, 0) is 6.54 Å². The third-order valence-electron chi connectivity index (χ3n) is 4.25. The summed E-state index contributed by atoms with van der Waals surface area (Å²) in [7, 11) is 1.62. The van der Waals surface area contributed by atoms with Gasteiger partial charge in [0.2, 0.25) is 0 Å².